The molecular weight excluding hydrogens is 219 g/mol. The number of phosphoric acid groups is 1. The van der Waals surface area contributed by atoms with Crippen molar-refractivity contribution in [1.82, 2.24) is 0 Å². The van der Waals surface area contributed by atoms with Crippen LogP contribution in [-0.2, 0) is 13.9 Å². The Morgan fingerprint density at radius 1 is 1.43 bits per heavy atom. The highest BCUT2D eigenvalue weighted by Crippen LogP contribution is 2.24. The maximum Gasteiger partial charge on any atom is 0.189 e. The van der Waals surface area contributed by atoms with Crippen molar-refractivity contribution in [3.8, 4) is 0 Å². The Hall–Kier alpha value is -0.340. The molecule has 9 heteroatoms. The number of aliphatic hydroxyl groups is 3. The molecule has 3 N–H and O–H groups in total. The van der Waals surface area contributed by atoms with Gasteiger partial charge in [0.05, 0.1) is 14.4 Å². The number of rotatable bonds is 6. The summed E-state index contributed by atoms with van der Waals surface area (Å²) in [6.45, 7) is -2.04. The zero-order valence-electron chi connectivity index (χ0n) is 6.90. The molecule has 0 amide bonds. The highest BCUT2D eigenvalue weighted by atomic mass is 31.2. The van der Waals surface area contributed by atoms with Crippen molar-refractivity contribution in [3.63, 3.8) is 0 Å². The average Bonchev–Trinajstić information content (AvgIpc) is 2.10. The molecular formula is C5H9O8P-2. The third-order valence-electron chi connectivity index (χ3n) is 1.25. The molecule has 8 nitrogen and oxygen atoms in total. The summed E-state index contributed by atoms with van der Waals surface area (Å²) in [5.74, 6) is -1.10. The Balaban J connectivity index is 4.02. The van der Waals surface area contributed by atoms with Crippen LogP contribution in [-0.4, -0.2) is 46.5 Å². The summed E-state index contributed by atoms with van der Waals surface area (Å²) in [6.07, 6.45) is -3.85. The first-order valence-corrected chi connectivity index (χ1v) is 4.90. The first kappa shape index (κ1) is 13.7. The van der Waals surface area contributed by atoms with E-state index in [1.807, 2.05) is 0 Å². The summed E-state index contributed by atoms with van der Waals surface area (Å²) in [7, 11) is -5.24. The van der Waals surface area contributed by atoms with Gasteiger partial charge in [0.2, 0.25) is 0 Å². The van der Waals surface area contributed by atoms with Crippen LogP contribution >= 0.6 is 7.82 Å². The van der Waals surface area contributed by atoms with Crippen LogP contribution in [0.2, 0.25) is 0 Å². The van der Waals surface area contributed by atoms with Gasteiger partial charge in [0.25, 0.3) is 0 Å². The fourth-order valence-corrected chi connectivity index (χ4v) is 0.902. The summed E-state index contributed by atoms with van der Waals surface area (Å²) >= 11 is 0. The molecule has 2 atom stereocenters. The van der Waals surface area contributed by atoms with Crippen molar-refractivity contribution in [2.45, 2.75) is 12.2 Å². The van der Waals surface area contributed by atoms with Gasteiger partial charge in [-0.05, 0) is 0 Å². The highest BCUT2D eigenvalue weighted by molar-refractivity contribution is 7.43. The maximum absolute atomic E-state index is 10.5. The van der Waals surface area contributed by atoms with Crippen LogP contribution in [0.3, 0.4) is 0 Å². The van der Waals surface area contributed by atoms with Crippen molar-refractivity contribution in [2.75, 3.05) is 13.2 Å². The molecule has 0 heterocycles. The van der Waals surface area contributed by atoms with E-state index in [4.69, 9.17) is 15.3 Å². The molecule has 14 heavy (non-hydrogen) atoms. The molecule has 0 aromatic rings. The maximum atomic E-state index is 10.5. The number of carbonyl (C=O) groups is 1. The van der Waals surface area contributed by atoms with E-state index in [-0.39, 0.29) is 0 Å². The molecule has 0 saturated carbocycles. The fourth-order valence-electron chi connectivity index (χ4n) is 0.567. The lowest BCUT2D eigenvalue weighted by atomic mass is 10.1. The topological polar surface area (TPSA) is 150 Å². The molecule has 0 bridgehead atoms. The number of hydrogen-bond acceptors (Lipinski definition) is 8. The van der Waals surface area contributed by atoms with Crippen LogP contribution in [0.15, 0.2) is 0 Å². The Morgan fingerprint density at radius 2 is 1.93 bits per heavy atom. The predicted molar refractivity (Wildman–Crippen MR) is 37.7 cm³/mol. The smallest absolute Gasteiger partial charge is 0.189 e. The minimum absolute atomic E-state index is 1.01. The lowest BCUT2D eigenvalue weighted by Gasteiger charge is -2.30. The minimum Gasteiger partial charge on any atom is -0.790 e. The molecule has 0 spiro atoms. The van der Waals surface area contributed by atoms with Crippen molar-refractivity contribution in [2.24, 2.45) is 0 Å². The first-order valence-electron chi connectivity index (χ1n) is 3.44. The number of hydrogen-bond donors (Lipinski definition) is 3. The summed E-state index contributed by atoms with van der Waals surface area (Å²) in [5.41, 5.74) is 0. The lowest BCUT2D eigenvalue weighted by molar-refractivity contribution is -0.343. The molecule has 0 aromatic heterocycles. The van der Waals surface area contributed by atoms with E-state index in [9.17, 15) is 19.1 Å². The van der Waals surface area contributed by atoms with E-state index < -0.39 is 39.0 Å². The van der Waals surface area contributed by atoms with Gasteiger partial charge in [-0.3, -0.25) is 4.79 Å². The van der Waals surface area contributed by atoms with E-state index >= 15 is 0 Å². The molecule has 0 aliphatic carbocycles. The monoisotopic (exact) mass is 228 g/mol. The zero-order valence-corrected chi connectivity index (χ0v) is 7.79. The Bertz CT molecular complexity index is 234. The van der Waals surface area contributed by atoms with Crippen molar-refractivity contribution >= 4 is 13.6 Å². The summed E-state index contributed by atoms with van der Waals surface area (Å²) in [4.78, 5) is 30.4. The van der Waals surface area contributed by atoms with E-state index in [0.717, 1.165) is 0 Å². The molecule has 0 fully saturated rings. The SMILES string of the molecule is O=C(CO)[C@@H](O)[C@@H](O)COP(=O)([O-])[O-]. The molecule has 84 valence electrons. The number of carbonyl (C=O) groups excluding carboxylic acids is 1. The van der Waals surface area contributed by atoms with Crippen LogP contribution < -0.4 is 9.79 Å². The van der Waals surface area contributed by atoms with E-state index in [1.54, 1.807) is 0 Å². The average molecular weight is 228 g/mol. The van der Waals surface area contributed by atoms with Gasteiger partial charge in [-0.25, -0.2) is 0 Å². The van der Waals surface area contributed by atoms with E-state index in [1.165, 1.54) is 0 Å². The quantitative estimate of drug-likeness (QED) is 0.390. The lowest BCUT2D eigenvalue weighted by Crippen LogP contribution is -2.39. The van der Waals surface area contributed by atoms with Crippen LogP contribution in [0, 0.1) is 0 Å². The van der Waals surface area contributed by atoms with Crippen molar-refractivity contribution in [3.05, 3.63) is 0 Å². The zero-order chi connectivity index (χ0) is 11.4. The van der Waals surface area contributed by atoms with Crippen molar-refractivity contribution in [1.29, 1.82) is 0 Å². The Labute approximate surface area is 79.0 Å². The second-order valence-corrected chi connectivity index (χ2v) is 3.53. The third kappa shape index (κ3) is 5.40. The minimum atomic E-state index is -5.24. The van der Waals surface area contributed by atoms with Crippen LogP contribution in [0.1, 0.15) is 0 Å². The van der Waals surface area contributed by atoms with Gasteiger partial charge >= 0.3 is 0 Å². The van der Waals surface area contributed by atoms with Gasteiger partial charge in [0.15, 0.2) is 5.78 Å². The standard InChI is InChI=1S/C5H11O8P/c6-1-3(7)5(9)4(8)2-13-14(10,11)12/h4-6,8-9H,1-2H2,(H2,10,11,12)/p-2/t4-,5+/m0/s1. The van der Waals surface area contributed by atoms with Crippen LogP contribution in [0.25, 0.3) is 0 Å². The van der Waals surface area contributed by atoms with E-state index in [0.29, 0.717) is 0 Å². The second kappa shape index (κ2) is 5.52. The van der Waals surface area contributed by atoms with Gasteiger partial charge < -0.3 is 34.2 Å². The first-order chi connectivity index (χ1) is 6.28. The predicted octanol–water partition coefficient (Wildman–Crippen LogP) is -3.89. The Kier molecular flexibility index (Phi) is 5.38. The number of ketones is 1. The molecule has 0 aliphatic heterocycles. The molecule has 0 rings (SSSR count). The largest absolute Gasteiger partial charge is 0.790 e. The number of aliphatic hydroxyl groups excluding tert-OH is 3. The molecule has 0 radical (unpaired) electrons. The number of phosphoric ester groups is 1. The molecule has 0 saturated heterocycles. The van der Waals surface area contributed by atoms with Gasteiger partial charge in [0.1, 0.15) is 18.8 Å². The third-order valence-corrected chi connectivity index (χ3v) is 1.72. The van der Waals surface area contributed by atoms with Gasteiger partial charge in [-0.2, -0.15) is 0 Å². The molecule has 0 aromatic carbocycles. The number of Topliss-reactive ketones (excluding diaryl/α,β-unsaturated/α-hetero) is 1. The van der Waals surface area contributed by atoms with Crippen LogP contribution in [0.5, 0.6) is 0 Å². The summed E-state index contributed by atoms with van der Waals surface area (Å²) in [6, 6.07) is 0. The molecule has 0 aliphatic rings. The normalized spacial score (nSPS) is 16.4. The highest BCUT2D eigenvalue weighted by Gasteiger charge is 2.23. The van der Waals surface area contributed by atoms with E-state index in [2.05, 4.69) is 4.52 Å². The Morgan fingerprint density at radius 3 is 2.29 bits per heavy atom. The summed E-state index contributed by atoms with van der Waals surface area (Å²) < 4.78 is 13.5. The van der Waals surface area contributed by atoms with Gasteiger partial charge in [-0.1, -0.05) is 0 Å². The van der Waals surface area contributed by atoms with Crippen molar-refractivity contribution < 1.29 is 39.0 Å². The summed E-state index contributed by atoms with van der Waals surface area (Å²) in [5, 5.41) is 26.0. The van der Waals surface area contributed by atoms with Gasteiger partial charge in [-0.15, -0.1) is 0 Å². The fraction of sp³-hybridized carbons (Fsp3) is 0.800. The second-order valence-electron chi connectivity index (χ2n) is 2.38. The van der Waals surface area contributed by atoms with Gasteiger partial charge in [0, 0.05) is 0 Å². The molecule has 0 unspecified atom stereocenters. The van der Waals surface area contributed by atoms with Crippen LogP contribution in [0.4, 0.5) is 0 Å².